The number of hydrogen-bond donors (Lipinski definition) is 1. The van der Waals surface area contributed by atoms with Gasteiger partial charge in [-0.25, -0.2) is 0 Å². The van der Waals surface area contributed by atoms with Gasteiger partial charge < -0.3 is 9.88 Å². The van der Waals surface area contributed by atoms with Crippen molar-refractivity contribution in [2.24, 2.45) is 0 Å². The Morgan fingerprint density at radius 1 is 0.852 bits per heavy atom. The molecule has 3 nitrogen and oxygen atoms in total. The van der Waals surface area contributed by atoms with Crippen LogP contribution in [0.1, 0.15) is 46.1 Å². The Bertz CT molecular complexity index is 1130. The van der Waals surface area contributed by atoms with Crippen molar-refractivity contribution in [1.29, 1.82) is 0 Å². The summed E-state index contributed by atoms with van der Waals surface area (Å²) < 4.78 is 0. The average Bonchev–Trinajstić information content (AvgIpc) is 3.27. The monoisotopic (exact) mass is 352 g/mol. The van der Waals surface area contributed by atoms with Gasteiger partial charge in [0.05, 0.1) is 12.1 Å². The highest BCUT2D eigenvalue weighted by atomic mass is 16.2. The third-order valence-electron chi connectivity index (χ3n) is 5.61. The van der Waals surface area contributed by atoms with E-state index in [1.54, 1.807) is 0 Å². The Morgan fingerprint density at radius 3 is 2.41 bits per heavy atom. The standard InChI is InChI=1S/C24H20N2O/c1-16(17-9-3-2-4-10-17)26-23(19-12-5-6-13-20(19)24(26)27)21-15-25-22-14-8-7-11-18(21)22/h2-16,23,25H,1H3/t16-,23-/m0/s1. The second-order valence-electron chi connectivity index (χ2n) is 7.08. The fourth-order valence-electron chi connectivity index (χ4n) is 4.27. The zero-order valence-corrected chi connectivity index (χ0v) is 15.1. The first kappa shape index (κ1) is 15.9. The number of carbonyl (C=O) groups excluding carboxylic acids is 1. The number of rotatable bonds is 3. The number of benzene rings is 3. The van der Waals surface area contributed by atoms with Crippen molar-refractivity contribution >= 4 is 16.8 Å². The van der Waals surface area contributed by atoms with E-state index in [0.717, 1.165) is 33.2 Å². The lowest BCUT2D eigenvalue weighted by Gasteiger charge is -2.31. The minimum Gasteiger partial charge on any atom is -0.361 e. The van der Waals surface area contributed by atoms with Gasteiger partial charge in [-0.2, -0.15) is 0 Å². The van der Waals surface area contributed by atoms with Gasteiger partial charge in [-0.05, 0) is 30.2 Å². The molecule has 2 atom stereocenters. The summed E-state index contributed by atoms with van der Waals surface area (Å²) in [6, 6.07) is 26.4. The Labute approximate surface area is 158 Å². The first-order valence-electron chi connectivity index (χ1n) is 9.28. The lowest BCUT2D eigenvalue weighted by molar-refractivity contribution is 0.0677. The summed E-state index contributed by atoms with van der Waals surface area (Å²) in [5.74, 6) is 0.0947. The van der Waals surface area contributed by atoms with Crippen molar-refractivity contribution in [3.63, 3.8) is 0 Å². The Kier molecular flexibility index (Phi) is 3.61. The van der Waals surface area contributed by atoms with Crippen molar-refractivity contribution in [3.8, 4) is 0 Å². The summed E-state index contributed by atoms with van der Waals surface area (Å²) in [6.07, 6.45) is 2.05. The predicted molar refractivity (Wildman–Crippen MR) is 108 cm³/mol. The average molecular weight is 352 g/mol. The summed E-state index contributed by atoms with van der Waals surface area (Å²) in [5.41, 5.74) is 5.26. The summed E-state index contributed by atoms with van der Waals surface area (Å²) >= 11 is 0. The Hall–Kier alpha value is -3.33. The molecule has 0 fully saturated rings. The molecule has 0 saturated heterocycles. The number of fused-ring (bicyclic) bond motifs is 2. The number of aromatic nitrogens is 1. The number of H-pyrrole nitrogens is 1. The molecule has 1 aliphatic heterocycles. The molecular formula is C24H20N2O. The van der Waals surface area contributed by atoms with Crippen LogP contribution >= 0.6 is 0 Å². The first-order chi connectivity index (χ1) is 13.3. The third kappa shape index (κ3) is 2.39. The van der Waals surface area contributed by atoms with E-state index in [0.29, 0.717) is 0 Å². The summed E-state index contributed by atoms with van der Waals surface area (Å²) in [7, 11) is 0. The van der Waals surface area contributed by atoms with Crippen LogP contribution in [0.25, 0.3) is 10.9 Å². The summed E-state index contributed by atoms with van der Waals surface area (Å²) in [4.78, 5) is 18.8. The minimum atomic E-state index is -0.0972. The largest absolute Gasteiger partial charge is 0.361 e. The molecule has 0 bridgehead atoms. The number of nitrogens with one attached hydrogen (secondary N) is 1. The smallest absolute Gasteiger partial charge is 0.255 e. The molecule has 5 rings (SSSR count). The van der Waals surface area contributed by atoms with Crippen LogP contribution in [0.2, 0.25) is 0 Å². The molecule has 0 aliphatic carbocycles. The lowest BCUT2D eigenvalue weighted by Crippen LogP contribution is -2.31. The van der Waals surface area contributed by atoms with E-state index in [1.165, 1.54) is 0 Å². The Balaban J connectivity index is 1.71. The van der Waals surface area contributed by atoms with Crippen LogP contribution in [0.15, 0.2) is 85.1 Å². The van der Waals surface area contributed by atoms with Gasteiger partial charge in [0.1, 0.15) is 0 Å². The molecule has 0 saturated carbocycles. The van der Waals surface area contributed by atoms with E-state index in [2.05, 4.69) is 48.4 Å². The fourth-order valence-corrected chi connectivity index (χ4v) is 4.27. The van der Waals surface area contributed by atoms with Crippen molar-refractivity contribution in [1.82, 2.24) is 9.88 Å². The van der Waals surface area contributed by atoms with Gasteiger partial charge in [-0.15, -0.1) is 0 Å². The van der Waals surface area contributed by atoms with Gasteiger partial charge >= 0.3 is 0 Å². The predicted octanol–water partition coefficient (Wildman–Crippen LogP) is 5.47. The van der Waals surface area contributed by atoms with Gasteiger partial charge in [-0.3, -0.25) is 4.79 Å². The molecule has 1 aromatic heterocycles. The zero-order valence-electron chi connectivity index (χ0n) is 15.1. The minimum absolute atomic E-state index is 0.0234. The van der Waals surface area contributed by atoms with Crippen LogP contribution in [-0.4, -0.2) is 15.8 Å². The van der Waals surface area contributed by atoms with E-state index < -0.39 is 0 Å². The number of hydrogen-bond acceptors (Lipinski definition) is 1. The van der Waals surface area contributed by atoms with Crippen LogP contribution in [0, 0.1) is 0 Å². The van der Waals surface area contributed by atoms with Crippen molar-refractivity contribution in [2.45, 2.75) is 19.0 Å². The topological polar surface area (TPSA) is 36.1 Å². The third-order valence-corrected chi connectivity index (χ3v) is 5.61. The number of amides is 1. The number of carbonyl (C=O) groups is 1. The highest BCUT2D eigenvalue weighted by Gasteiger charge is 2.41. The maximum absolute atomic E-state index is 13.4. The van der Waals surface area contributed by atoms with Crippen LogP contribution in [0.3, 0.4) is 0 Å². The molecule has 0 radical (unpaired) electrons. The second kappa shape index (κ2) is 6.13. The van der Waals surface area contributed by atoms with Gasteiger partial charge in [0, 0.05) is 28.2 Å². The van der Waals surface area contributed by atoms with Crippen LogP contribution in [0.5, 0.6) is 0 Å². The van der Waals surface area contributed by atoms with Gasteiger partial charge in [0.25, 0.3) is 5.91 Å². The van der Waals surface area contributed by atoms with Crippen molar-refractivity contribution in [3.05, 3.63) is 107 Å². The normalized spacial score (nSPS) is 17.3. The zero-order chi connectivity index (χ0) is 18.4. The number of nitrogens with zero attached hydrogens (tertiary/aromatic N) is 1. The van der Waals surface area contributed by atoms with Crippen LogP contribution in [-0.2, 0) is 0 Å². The van der Waals surface area contributed by atoms with Crippen molar-refractivity contribution < 1.29 is 4.79 Å². The SMILES string of the molecule is C[C@@H](c1ccccc1)N1C(=O)c2ccccc2[C@H]1c1c[nH]c2ccccc12. The van der Waals surface area contributed by atoms with E-state index in [1.807, 2.05) is 53.4 Å². The summed E-state index contributed by atoms with van der Waals surface area (Å²) in [6.45, 7) is 2.11. The number of para-hydroxylation sites is 1. The molecule has 3 aromatic carbocycles. The van der Waals surface area contributed by atoms with E-state index in [9.17, 15) is 4.79 Å². The molecule has 1 amide bonds. The Morgan fingerprint density at radius 2 is 1.56 bits per heavy atom. The highest BCUT2D eigenvalue weighted by Crippen LogP contribution is 2.45. The highest BCUT2D eigenvalue weighted by molar-refractivity contribution is 6.01. The van der Waals surface area contributed by atoms with E-state index in [4.69, 9.17) is 0 Å². The molecule has 4 aromatic rings. The maximum Gasteiger partial charge on any atom is 0.255 e. The molecule has 2 heterocycles. The molecule has 3 heteroatoms. The molecule has 0 unspecified atom stereocenters. The molecular weight excluding hydrogens is 332 g/mol. The fraction of sp³-hybridized carbons (Fsp3) is 0.125. The van der Waals surface area contributed by atoms with E-state index in [-0.39, 0.29) is 18.0 Å². The van der Waals surface area contributed by atoms with Crippen LogP contribution < -0.4 is 0 Å². The molecule has 27 heavy (non-hydrogen) atoms. The molecule has 1 aliphatic rings. The van der Waals surface area contributed by atoms with Gasteiger partial charge in [0.2, 0.25) is 0 Å². The lowest BCUT2D eigenvalue weighted by atomic mass is 9.96. The molecule has 1 N–H and O–H groups in total. The molecule has 132 valence electrons. The quantitative estimate of drug-likeness (QED) is 0.521. The van der Waals surface area contributed by atoms with Gasteiger partial charge in [-0.1, -0.05) is 66.7 Å². The van der Waals surface area contributed by atoms with Crippen LogP contribution in [0.4, 0.5) is 0 Å². The second-order valence-corrected chi connectivity index (χ2v) is 7.08. The first-order valence-corrected chi connectivity index (χ1v) is 9.28. The number of aromatic amines is 1. The molecule has 0 spiro atoms. The van der Waals surface area contributed by atoms with Gasteiger partial charge in [0.15, 0.2) is 0 Å². The van der Waals surface area contributed by atoms with Crippen molar-refractivity contribution in [2.75, 3.05) is 0 Å². The summed E-state index contributed by atoms with van der Waals surface area (Å²) in [5, 5.41) is 1.16. The maximum atomic E-state index is 13.4. The van der Waals surface area contributed by atoms with E-state index >= 15 is 0 Å².